The molecule has 0 rings (SSSR count). The fraction of sp³-hybridized carbons (Fsp3) is 0.764. The van der Waals surface area contributed by atoms with Gasteiger partial charge in [0.25, 0.3) is 0 Å². The predicted molar refractivity (Wildman–Crippen MR) is 355 cm³/mol. The first-order valence-electron chi connectivity index (χ1n) is 34.1. The Hall–Kier alpha value is -2.58. The number of aliphatic hydroxyl groups is 1. The molecule has 8 nitrogen and oxygen atoms in total. The zero-order valence-electron chi connectivity index (χ0n) is 53.8. The fourth-order valence-electron chi connectivity index (χ4n) is 9.75. The minimum absolute atomic E-state index is 0.0519. The molecule has 3 N–H and O–H groups in total. The highest BCUT2D eigenvalue weighted by molar-refractivity contribution is 7.47. The number of nitrogens with zero attached hydrogens (tertiary/aromatic N) is 1. The molecule has 3 atom stereocenters. The van der Waals surface area contributed by atoms with E-state index in [9.17, 15) is 19.4 Å². The molecule has 0 aliphatic heterocycles. The van der Waals surface area contributed by atoms with Crippen LogP contribution in [-0.2, 0) is 18.4 Å². The van der Waals surface area contributed by atoms with Crippen molar-refractivity contribution in [2.45, 2.75) is 315 Å². The number of likely N-dealkylation sites (N-methyl/N-ethyl adjacent to an activating group) is 1. The number of hydrogen-bond acceptors (Lipinski definition) is 5. The molecule has 0 bridgehead atoms. The Morgan fingerprint density at radius 1 is 0.432 bits per heavy atom. The lowest BCUT2D eigenvalue weighted by Crippen LogP contribution is -2.45. The van der Waals surface area contributed by atoms with Gasteiger partial charge in [-0.05, 0) is 89.9 Å². The Kier molecular flexibility index (Phi) is 60.0. The van der Waals surface area contributed by atoms with Gasteiger partial charge in [0.2, 0.25) is 5.91 Å². The highest BCUT2D eigenvalue weighted by Crippen LogP contribution is 2.43. The molecule has 0 aromatic carbocycles. The molecule has 0 aliphatic carbocycles. The van der Waals surface area contributed by atoms with Crippen LogP contribution in [0.4, 0.5) is 0 Å². The Labute approximate surface area is 502 Å². The molecule has 1 amide bonds. The molecule has 81 heavy (non-hydrogen) atoms. The number of unbranched alkanes of at least 4 members (excludes halogenated alkanes) is 35. The summed E-state index contributed by atoms with van der Waals surface area (Å²) >= 11 is 0. The molecule has 0 aromatic heterocycles. The van der Waals surface area contributed by atoms with Crippen molar-refractivity contribution in [1.82, 2.24) is 5.32 Å². The first-order valence-corrected chi connectivity index (χ1v) is 35.6. The van der Waals surface area contributed by atoms with Crippen LogP contribution < -0.4 is 5.32 Å². The average Bonchev–Trinajstić information content (AvgIpc) is 3.43. The molecule has 0 spiro atoms. The van der Waals surface area contributed by atoms with Crippen molar-refractivity contribution in [3.63, 3.8) is 0 Å². The zero-order valence-corrected chi connectivity index (χ0v) is 54.6. The van der Waals surface area contributed by atoms with E-state index in [0.29, 0.717) is 17.4 Å². The maximum absolute atomic E-state index is 13.0. The van der Waals surface area contributed by atoms with Crippen LogP contribution in [0.25, 0.3) is 0 Å². The summed E-state index contributed by atoms with van der Waals surface area (Å²) in [6.07, 6.45) is 89.8. The number of rotatable bonds is 62. The average molecular weight is 1150 g/mol. The second kappa shape index (κ2) is 62.0. The second-order valence-electron chi connectivity index (χ2n) is 24.2. The Morgan fingerprint density at radius 2 is 0.753 bits per heavy atom. The zero-order chi connectivity index (χ0) is 59.1. The van der Waals surface area contributed by atoms with Gasteiger partial charge in [-0.1, -0.05) is 304 Å². The number of allylic oxidation sites excluding steroid dienone is 15. The third-order valence-electron chi connectivity index (χ3n) is 15.0. The molecule has 0 saturated carbocycles. The topological polar surface area (TPSA) is 105 Å². The maximum Gasteiger partial charge on any atom is 0.472 e. The number of amides is 1. The van der Waals surface area contributed by atoms with E-state index in [0.717, 1.165) is 77.0 Å². The number of phosphoric ester groups is 1. The molecule has 9 heteroatoms. The fourth-order valence-corrected chi connectivity index (χ4v) is 10.5. The van der Waals surface area contributed by atoms with E-state index in [2.05, 4.69) is 104 Å². The molecule has 3 unspecified atom stereocenters. The van der Waals surface area contributed by atoms with Gasteiger partial charge in [0.1, 0.15) is 13.2 Å². The van der Waals surface area contributed by atoms with Gasteiger partial charge < -0.3 is 19.8 Å². The van der Waals surface area contributed by atoms with Crippen LogP contribution in [0.2, 0.25) is 0 Å². The van der Waals surface area contributed by atoms with Crippen molar-refractivity contribution >= 4 is 13.7 Å². The van der Waals surface area contributed by atoms with E-state index in [1.165, 1.54) is 205 Å². The summed E-state index contributed by atoms with van der Waals surface area (Å²) in [7, 11) is 1.55. The van der Waals surface area contributed by atoms with Gasteiger partial charge in [0.15, 0.2) is 0 Å². The summed E-state index contributed by atoms with van der Waals surface area (Å²) < 4.78 is 23.8. The van der Waals surface area contributed by atoms with Crippen LogP contribution in [0.1, 0.15) is 303 Å². The second-order valence-corrected chi connectivity index (χ2v) is 25.6. The number of nitrogens with one attached hydrogen (secondary N) is 1. The Balaban J connectivity index is 4.06. The van der Waals surface area contributed by atoms with Gasteiger partial charge in [-0.25, -0.2) is 4.57 Å². The summed E-state index contributed by atoms with van der Waals surface area (Å²) in [6.45, 7) is 4.70. The molecule has 0 heterocycles. The van der Waals surface area contributed by atoms with Crippen molar-refractivity contribution in [2.24, 2.45) is 0 Å². The van der Waals surface area contributed by atoms with Crippen LogP contribution in [-0.4, -0.2) is 73.4 Å². The largest absolute Gasteiger partial charge is 0.472 e. The third-order valence-corrected chi connectivity index (χ3v) is 16.0. The number of hydrogen-bond donors (Lipinski definition) is 3. The van der Waals surface area contributed by atoms with E-state index in [-0.39, 0.29) is 19.1 Å². The normalized spacial score (nSPS) is 14.3. The number of phosphoric acid groups is 1. The van der Waals surface area contributed by atoms with Crippen LogP contribution in [0.5, 0.6) is 0 Å². The smallest absolute Gasteiger partial charge is 0.387 e. The molecule has 0 fully saturated rings. The summed E-state index contributed by atoms with van der Waals surface area (Å²) in [5.74, 6) is -0.189. The predicted octanol–water partition coefficient (Wildman–Crippen LogP) is 21.7. The molecular formula is C72H132N2O6P+. The van der Waals surface area contributed by atoms with Crippen molar-refractivity contribution in [2.75, 3.05) is 40.9 Å². The number of carbonyl (C=O) groups is 1. The standard InChI is InChI=1S/C72H131N2O6P/c1-6-8-10-12-14-16-18-20-22-24-26-28-30-31-32-33-34-35-36-37-38-39-40-41-42-43-44-46-48-50-52-54-56-58-60-62-64-66-72(76)73-70(69-80-81(77,78)79-68-67-74(3,4)5)71(75)65-63-61-59-57-55-53-51-49-47-45-29-27-25-23-21-19-17-15-13-11-9-7-2/h8,10,14,16,20,22,26,28,31-32,47,49,55,57,63,65,70-71,75H,6-7,9,11-13,15,17-19,21,23-25,27,29-30,33-46,48,50-54,56,58-62,64,66-69H2,1-5H3,(H-,73,76,77,78)/p+1/b10-8-,16-14-,22-20-,28-26-,32-31-,49-47+,57-55+,65-63+. The van der Waals surface area contributed by atoms with Gasteiger partial charge >= 0.3 is 7.82 Å². The highest BCUT2D eigenvalue weighted by Gasteiger charge is 2.28. The molecular weight excluding hydrogens is 1020 g/mol. The van der Waals surface area contributed by atoms with Crippen molar-refractivity contribution in [1.29, 1.82) is 0 Å². The molecule has 0 radical (unpaired) electrons. The van der Waals surface area contributed by atoms with E-state index in [1.54, 1.807) is 6.08 Å². The van der Waals surface area contributed by atoms with Crippen LogP contribution in [0.15, 0.2) is 97.2 Å². The summed E-state index contributed by atoms with van der Waals surface area (Å²) in [5, 5.41) is 14.0. The molecule has 0 aromatic rings. The van der Waals surface area contributed by atoms with Gasteiger partial charge in [0, 0.05) is 6.42 Å². The highest BCUT2D eigenvalue weighted by atomic mass is 31.2. The number of carbonyl (C=O) groups excluding carboxylic acids is 1. The van der Waals surface area contributed by atoms with Gasteiger partial charge in [-0.15, -0.1) is 0 Å². The van der Waals surface area contributed by atoms with Crippen LogP contribution in [0, 0.1) is 0 Å². The van der Waals surface area contributed by atoms with Gasteiger partial charge in [0.05, 0.1) is 39.9 Å². The van der Waals surface area contributed by atoms with Crippen molar-refractivity contribution < 1.29 is 32.9 Å². The molecule has 0 aliphatic rings. The Morgan fingerprint density at radius 3 is 1.14 bits per heavy atom. The SMILES string of the molecule is CC/C=C\C/C=C\C/C=C\C/C=C\C/C=C\CCCCCCCCCCCCCCCCCCCCCCCC(=O)NC(COP(=O)(O)OCC[N+](C)(C)C)C(O)/C=C/CC/C=C/CC/C=C/CCCCCCCCCCCCCC. The lowest BCUT2D eigenvalue weighted by Gasteiger charge is -2.25. The summed E-state index contributed by atoms with van der Waals surface area (Å²) in [4.78, 5) is 23.4. The van der Waals surface area contributed by atoms with E-state index >= 15 is 0 Å². The summed E-state index contributed by atoms with van der Waals surface area (Å²) in [5.41, 5.74) is 0. The number of aliphatic hydroxyl groups excluding tert-OH is 1. The van der Waals surface area contributed by atoms with E-state index in [1.807, 2.05) is 27.2 Å². The first kappa shape index (κ1) is 78.4. The Bertz CT molecular complexity index is 1640. The molecule has 0 saturated heterocycles. The lowest BCUT2D eigenvalue weighted by molar-refractivity contribution is -0.870. The van der Waals surface area contributed by atoms with Crippen molar-refractivity contribution in [3.8, 4) is 0 Å². The van der Waals surface area contributed by atoms with Gasteiger partial charge in [-0.2, -0.15) is 0 Å². The van der Waals surface area contributed by atoms with Gasteiger partial charge in [-0.3, -0.25) is 13.8 Å². The lowest BCUT2D eigenvalue weighted by atomic mass is 10.0. The minimum atomic E-state index is -4.37. The van der Waals surface area contributed by atoms with Crippen LogP contribution >= 0.6 is 7.82 Å². The first-order chi connectivity index (χ1) is 39.5. The van der Waals surface area contributed by atoms with E-state index in [4.69, 9.17) is 9.05 Å². The molecule has 470 valence electrons. The third kappa shape index (κ3) is 64.8. The van der Waals surface area contributed by atoms with E-state index < -0.39 is 20.0 Å². The van der Waals surface area contributed by atoms with Crippen molar-refractivity contribution in [3.05, 3.63) is 97.2 Å². The number of quaternary nitrogens is 1. The maximum atomic E-state index is 13.0. The minimum Gasteiger partial charge on any atom is -0.387 e. The summed E-state index contributed by atoms with van der Waals surface area (Å²) in [6, 6.07) is -0.874. The quantitative estimate of drug-likeness (QED) is 0.0243. The van der Waals surface area contributed by atoms with Crippen LogP contribution in [0.3, 0.4) is 0 Å². The monoisotopic (exact) mass is 1150 g/mol.